The number of nitrogens with one attached hydrogen (secondary N) is 1. The Morgan fingerprint density at radius 1 is 1.17 bits per heavy atom. The standard InChI is InChI=1S/C18H31N5O10P2/c1-17(2,3)32-34(25,26)29-8-11-10(31-35(27,28)33-18(4,5)6)7-12(30-11)23-9-20-13-14(23)21-16(19)22-15(13)24/h9-12H,7-8H2,1-6H3,(H,25,26)(H,27,28)(H3,19,21,22,24)/t10-,11-,12-/m1/s1. The molecule has 198 valence electrons. The molecule has 1 aliphatic heterocycles. The van der Waals surface area contributed by atoms with Gasteiger partial charge in [-0.15, -0.1) is 0 Å². The number of imidazole rings is 1. The molecular formula is C18H31N5O10P2. The predicted molar refractivity (Wildman–Crippen MR) is 123 cm³/mol. The van der Waals surface area contributed by atoms with Crippen LogP contribution in [0.2, 0.25) is 0 Å². The summed E-state index contributed by atoms with van der Waals surface area (Å²) in [6, 6.07) is 0. The summed E-state index contributed by atoms with van der Waals surface area (Å²) < 4.78 is 52.9. The van der Waals surface area contributed by atoms with E-state index < -0.39 is 57.4 Å². The van der Waals surface area contributed by atoms with Crippen molar-refractivity contribution in [2.45, 2.75) is 77.6 Å². The van der Waals surface area contributed by atoms with Crippen LogP contribution < -0.4 is 11.3 Å². The topological polar surface area (TPSA) is 210 Å². The highest BCUT2D eigenvalue weighted by Gasteiger charge is 2.44. The molecule has 5 N–H and O–H groups in total. The van der Waals surface area contributed by atoms with Gasteiger partial charge in [-0.2, -0.15) is 4.98 Å². The third-order valence-electron chi connectivity index (χ3n) is 4.39. The van der Waals surface area contributed by atoms with E-state index in [4.69, 9.17) is 28.6 Å². The molecule has 0 bridgehead atoms. The zero-order valence-corrected chi connectivity index (χ0v) is 22.0. The molecule has 5 atom stereocenters. The highest BCUT2D eigenvalue weighted by molar-refractivity contribution is 7.47. The zero-order valence-electron chi connectivity index (χ0n) is 20.2. The summed E-state index contributed by atoms with van der Waals surface area (Å²) in [4.78, 5) is 42.8. The number of hydrogen-bond acceptors (Lipinski definition) is 11. The highest BCUT2D eigenvalue weighted by Crippen LogP contribution is 2.52. The molecule has 17 heteroatoms. The number of nitrogen functional groups attached to an aromatic ring is 1. The second kappa shape index (κ2) is 9.66. The van der Waals surface area contributed by atoms with Gasteiger partial charge < -0.3 is 20.3 Å². The first-order valence-electron chi connectivity index (χ1n) is 10.6. The van der Waals surface area contributed by atoms with Gasteiger partial charge in [0.2, 0.25) is 5.95 Å². The summed E-state index contributed by atoms with van der Waals surface area (Å²) in [5.74, 6) is -0.145. The molecule has 0 radical (unpaired) electrons. The van der Waals surface area contributed by atoms with Gasteiger partial charge in [-0.05, 0) is 41.5 Å². The number of H-pyrrole nitrogens is 1. The summed E-state index contributed by atoms with van der Waals surface area (Å²) in [6.07, 6.45) is -1.87. The van der Waals surface area contributed by atoms with Gasteiger partial charge in [-0.3, -0.25) is 32.4 Å². The maximum absolute atomic E-state index is 12.6. The predicted octanol–water partition coefficient (Wildman–Crippen LogP) is 2.22. The molecule has 0 aromatic carbocycles. The number of nitrogens with two attached hydrogens (primary N) is 1. The van der Waals surface area contributed by atoms with Gasteiger partial charge in [-0.1, -0.05) is 0 Å². The lowest BCUT2D eigenvalue weighted by Gasteiger charge is -2.27. The lowest BCUT2D eigenvalue weighted by Crippen LogP contribution is -2.30. The number of nitrogens with zero attached hydrogens (tertiary/aromatic N) is 3. The molecule has 0 saturated carbocycles. The molecule has 15 nitrogen and oxygen atoms in total. The Kier molecular flexibility index (Phi) is 7.70. The van der Waals surface area contributed by atoms with Crippen LogP contribution in [-0.2, 0) is 32.0 Å². The van der Waals surface area contributed by atoms with Crippen LogP contribution in [0.3, 0.4) is 0 Å². The number of phosphoric acid groups is 2. The molecule has 2 aromatic heterocycles. The molecule has 3 heterocycles. The molecule has 0 aliphatic carbocycles. The number of anilines is 1. The van der Waals surface area contributed by atoms with Gasteiger partial charge in [0.1, 0.15) is 18.4 Å². The lowest BCUT2D eigenvalue weighted by atomic mass is 10.2. The molecule has 0 amide bonds. The Balaban J connectivity index is 1.87. The molecule has 1 fully saturated rings. The van der Waals surface area contributed by atoms with Crippen molar-refractivity contribution in [1.82, 2.24) is 19.5 Å². The van der Waals surface area contributed by atoms with Crippen LogP contribution in [0.25, 0.3) is 11.2 Å². The van der Waals surface area contributed by atoms with Crippen LogP contribution in [0.1, 0.15) is 54.2 Å². The van der Waals surface area contributed by atoms with Crippen LogP contribution in [0.15, 0.2) is 11.1 Å². The first-order chi connectivity index (χ1) is 15.8. The van der Waals surface area contributed by atoms with Crippen molar-refractivity contribution in [3.8, 4) is 0 Å². The molecule has 3 rings (SSSR count). The van der Waals surface area contributed by atoms with Crippen LogP contribution in [-0.4, -0.2) is 59.3 Å². The van der Waals surface area contributed by atoms with E-state index in [0.717, 1.165) is 0 Å². The number of fused-ring (bicyclic) bond motifs is 1. The van der Waals surface area contributed by atoms with E-state index in [1.54, 1.807) is 41.5 Å². The largest absolute Gasteiger partial charge is 0.473 e. The molecule has 1 aliphatic rings. The minimum atomic E-state index is -4.58. The fourth-order valence-electron chi connectivity index (χ4n) is 3.36. The summed E-state index contributed by atoms with van der Waals surface area (Å²) in [5, 5.41) is 0. The van der Waals surface area contributed by atoms with Crippen LogP contribution >= 0.6 is 15.6 Å². The maximum Gasteiger partial charge on any atom is 0.473 e. The van der Waals surface area contributed by atoms with Gasteiger partial charge in [0.25, 0.3) is 5.56 Å². The Bertz CT molecular complexity index is 1220. The highest BCUT2D eigenvalue weighted by atomic mass is 31.2. The number of aromatic amines is 1. The average Bonchev–Trinajstić information content (AvgIpc) is 3.19. The van der Waals surface area contributed by atoms with E-state index in [0.29, 0.717) is 0 Å². The van der Waals surface area contributed by atoms with E-state index in [1.807, 2.05) is 0 Å². The van der Waals surface area contributed by atoms with E-state index in [2.05, 4.69) is 15.0 Å². The van der Waals surface area contributed by atoms with E-state index in [-0.39, 0.29) is 23.5 Å². The first-order valence-corrected chi connectivity index (χ1v) is 13.6. The second-order valence-electron chi connectivity index (χ2n) is 9.92. The minimum absolute atomic E-state index is 0.00213. The quantitative estimate of drug-likeness (QED) is 0.355. The molecule has 2 unspecified atom stereocenters. The van der Waals surface area contributed by atoms with Crippen molar-refractivity contribution in [3.05, 3.63) is 16.7 Å². The van der Waals surface area contributed by atoms with Crippen LogP contribution in [0, 0.1) is 0 Å². The monoisotopic (exact) mass is 539 g/mol. The van der Waals surface area contributed by atoms with Gasteiger partial charge in [0.05, 0.1) is 24.1 Å². The van der Waals surface area contributed by atoms with Gasteiger partial charge in [-0.25, -0.2) is 14.1 Å². The summed E-state index contributed by atoms with van der Waals surface area (Å²) in [7, 11) is -9.08. The first kappa shape index (κ1) is 27.9. The number of aromatic nitrogens is 4. The second-order valence-corrected chi connectivity index (χ2v) is 12.6. The van der Waals surface area contributed by atoms with Crippen molar-refractivity contribution >= 4 is 32.8 Å². The fraction of sp³-hybridized carbons (Fsp3) is 0.722. The number of phosphoric ester groups is 2. The SMILES string of the molecule is CC(C)(C)OP(=O)(O)OC[C@H]1O[C@@H](n2cnc3c(=O)[nH]c(N)nc32)C[C@H]1OP(=O)(O)OC(C)(C)C. The van der Waals surface area contributed by atoms with Gasteiger partial charge in [0, 0.05) is 6.42 Å². The Labute approximate surface area is 201 Å². The van der Waals surface area contributed by atoms with Gasteiger partial charge >= 0.3 is 15.6 Å². The molecule has 1 saturated heterocycles. The van der Waals surface area contributed by atoms with Crippen molar-refractivity contribution in [2.24, 2.45) is 0 Å². The normalized spacial score (nSPS) is 25.0. The Hall–Kier alpha value is -1.67. The van der Waals surface area contributed by atoms with Crippen molar-refractivity contribution in [3.63, 3.8) is 0 Å². The maximum atomic E-state index is 12.6. The summed E-state index contributed by atoms with van der Waals surface area (Å²) in [6.45, 7) is 8.92. The summed E-state index contributed by atoms with van der Waals surface area (Å²) in [5.41, 5.74) is 3.22. The lowest BCUT2D eigenvalue weighted by molar-refractivity contribution is -0.0508. The van der Waals surface area contributed by atoms with Crippen molar-refractivity contribution < 1.29 is 41.7 Å². The van der Waals surface area contributed by atoms with E-state index >= 15 is 0 Å². The smallest absolute Gasteiger partial charge is 0.369 e. The molecule has 35 heavy (non-hydrogen) atoms. The molecule has 0 spiro atoms. The zero-order chi connectivity index (χ0) is 26.4. The summed E-state index contributed by atoms with van der Waals surface area (Å²) >= 11 is 0. The number of rotatable bonds is 8. The van der Waals surface area contributed by atoms with E-state index in [9.17, 15) is 23.7 Å². The van der Waals surface area contributed by atoms with Gasteiger partial charge in [0.15, 0.2) is 11.2 Å². The van der Waals surface area contributed by atoms with Crippen molar-refractivity contribution in [2.75, 3.05) is 12.3 Å². The third-order valence-corrected chi connectivity index (χ3v) is 6.96. The Morgan fingerprint density at radius 2 is 1.77 bits per heavy atom. The fourth-order valence-corrected chi connectivity index (χ4v) is 5.74. The third kappa shape index (κ3) is 7.66. The number of ether oxygens (including phenoxy) is 1. The minimum Gasteiger partial charge on any atom is -0.369 e. The Morgan fingerprint density at radius 3 is 2.37 bits per heavy atom. The van der Waals surface area contributed by atoms with Crippen LogP contribution in [0.4, 0.5) is 5.95 Å². The molecular weight excluding hydrogens is 508 g/mol. The van der Waals surface area contributed by atoms with Crippen LogP contribution in [0.5, 0.6) is 0 Å². The number of hydrogen-bond donors (Lipinski definition) is 4. The van der Waals surface area contributed by atoms with Crippen molar-refractivity contribution in [1.29, 1.82) is 0 Å². The average molecular weight is 539 g/mol. The molecule has 2 aromatic rings. The van der Waals surface area contributed by atoms with E-state index in [1.165, 1.54) is 10.9 Å².